The van der Waals surface area contributed by atoms with Gasteiger partial charge in [0, 0.05) is 6.61 Å². The van der Waals surface area contributed by atoms with Crippen LogP contribution in [-0.4, -0.2) is 13.2 Å². The summed E-state index contributed by atoms with van der Waals surface area (Å²) >= 11 is 0. The number of hydrogen-bond donors (Lipinski definition) is 0. The molecular weight excluding hydrogens is 150 g/mol. The molecule has 0 unspecified atom stereocenters. The first-order valence-corrected chi connectivity index (χ1v) is 4.86. The number of rotatable bonds is 8. The Bertz CT molecular complexity index is 117. The van der Waals surface area contributed by atoms with Crippen LogP contribution < -0.4 is 0 Å². The van der Waals surface area contributed by atoms with Gasteiger partial charge in [-0.15, -0.1) is 0 Å². The molecule has 0 aromatic rings. The summed E-state index contributed by atoms with van der Waals surface area (Å²) < 4.78 is 5.03. The van der Waals surface area contributed by atoms with Crippen molar-refractivity contribution in [2.45, 2.75) is 45.4 Å². The Kier molecular flexibility index (Phi) is 9.97. The summed E-state index contributed by atoms with van der Waals surface area (Å²) in [5.74, 6) is 0. The second-order valence-corrected chi connectivity index (χ2v) is 2.98. The van der Waals surface area contributed by atoms with Crippen molar-refractivity contribution in [3.8, 4) is 6.07 Å². The third-order valence-electron chi connectivity index (χ3n) is 1.81. The second kappa shape index (κ2) is 10.4. The van der Waals surface area contributed by atoms with E-state index in [0.717, 1.165) is 13.0 Å². The molecule has 70 valence electrons. The first kappa shape index (κ1) is 11.4. The Balaban J connectivity index is 2.78. The van der Waals surface area contributed by atoms with E-state index < -0.39 is 0 Å². The van der Waals surface area contributed by atoms with Crippen LogP contribution in [-0.2, 0) is 4.74 Å². The molecule has 0 N–H and O–H groups in total. The highest BCUT2D eigenvalue weighted by atomic mass is 16.5. The van der Waals surface area contributed by atoms with Crippen molar-refractivity contribution in [2.75, 3.05) is 13.2 Å². The van der Waals surface area contributed by atoms with E-state index in [0.29, 0.717) is 0 Å². The van der Waals surface area contributed by atoms with E-state index in [9.17, 15) is 0 Å². The van der Waals surface area contributed by atoms with Crippen LogP contribution in [0.4, 0.5) is 0 Å². The summed E-state index contributed by atoms with van der Waals surface area (Å²) in [7, 11) is 0. The van der Waals surface area contributed by atoms with E-state index in [-0.39, 0.29) is 6.61 Å². The van der Waals surface area contributed by atoms with Crippen molar-refractivity contribution >= 4 is 0 Å². The SMILES string of the molecule is CCCCCCCCOCC#N. The Morgan fingerprint density at radius 1 is 1.08 bits per heavy atom. The zero-order valence-corrected chi connectivity index (χ0v) is 8.01. The van der Waals surface area contributed by atoms with E-state index in [1.165, 1.54) is 32.1 Å². The van der Waals surface area contributed by atoms with Gasteiger partial charge in [0.15, 0.2) is 0 Å². The van der Waals surface area contributed by atoms with Crippen molar-refractivity contribution in [3.05, 3.63) is 0 Å². The topological polar surface area (TPSA) is 33.0 Å². The van der Waals surface area contributed by atoms with Crippen molar-refractivity contribution in [3.63, 3.8) is 0 Å². The first-order chi connectivity index (χ1) is 5.91. The lowest BCUT2D eigenvalue weighted by Gasteiger charge is -1.99. The molecule has 12 heavy (non-hydrogen) atoms. The summed E-state index contributed by atoms with van der Waals surface area (Å²) in [6.45, 7) is 3.21. The molecule has 0 fully saturated rings. The zero-order chi connectivity index (χ0) is 9.07. The normalized spacial score (nSPS) is 9.67. The number of hydrogen-bond acceptors (Lipinski definition) is 2. The highest BCUT2D eigenvalue weighted by molar-refractivity contribution is 4.66. The lowest BCUT2D eigenvalue weighted by molar-refractivity contribution is 0.160. The molecule has 0 aromatic carbocycles. The summed E-state index contributed by atoms with van der Waals surface area (Å²) in [5, 5.41) is 8.16. The van der Waals surface area contributed by atoms with Crippen molar-refractivity contribution in [2.24, 2.45) is 0 Å². The largest absolute Gasteiger partial charge is 0.367 e. The van der Waals surface area contributed by atoms with Crippen molar-refractivity contribution < 1.29 is 4.74 Å². The third kappa shape index (κ3) is 9.45. The predicted molar refractivity (Wildman–Crippen MR) is 49.8 cm³/mol. The van der Waals surface area contributed by atoms with Gasteiger partial charge in [0.25, 0.3) is 0 Å². The Labute approximate surface area is 75.5 Å². The van der Waals surface area contributed by atoms with Gasteiger partial charge in [-0.1, -0.05) is 39.0 Å². The number of nitrogens with zero attached hydrogens (tertiary/aromatic N) is 1. The van der Waals surface area contributed by atoms with Gasteiger partial charge in [0.1, 0.15) is 6.61 Å². The average Bonchev–Trinajstić information content (AvgIpc) is 2.10. The molecule has 0 heterocycles. The maximum atomic E-state index is 8.16. The van der Waals surface area contributed by atoms with Crippen LogP contribution in [0.5, 0.6) is 0 Å². The maximum Gasteiger partial charge on any atom is 0.133 e. The number of unbranched alkanes of at least 4 members (excludes halogenated alkanes) is 5. The Hall–Kier alpha value is -0.550. The van der Waals surface area contributed by atoms with E-state index in [4.69, 9.17) is 10.00 Å². The van der Waals surface area contributed by atoms with Gasteiger partial charge < -0.3 is 4.74 Å². The number of ether oxygens (including phenoxy) is 1. The average molecular weight is 169 g/mol. The van der Waals surface area contributed by atoms with Crippen LogP contribution in [0.3, 0.4) is 0 Å². The van der Waals surface area contributed by atoms with Crippen LogP contribution >= 0.6 is 0 Å². The molecule has 0 saturated carbocycles. The van der Waals surface area contributed by atoms with Crippen LogP contribution in [0.2, 0.25) is 0 Å². The quantitative estimate of drug-likeness (QED) is 0.523. The fourth-order valence-corrected chi connectivity index (χ4v) is 1.10. The molecule has 0 bridgehead atoms. The standard InChI is InChI=1S/C10H19NO/c1-2-3-4-5-6-7-9-12-10-8-11/h2-7,9-10H2,1H3. The lowest BCUT2D eigenvalue weighted by Crippen LogP contribution is -1.94. The highest BCUT2D eigenvalue weighted by Crippen LogP contribution is 2.04. The molecular formula is C10H19NO. The Morgan fingerprint density at radius 3 is 2.42 bits per heavy atom. The summed E-state index contributed by atoms with van der Waals surface area (Å²) in [4.78, 5) is 0. The zero-order valence-electron chi connectivity index (χ0n) is 8.01. The van der Waals surface area contributed by atoms with E-state index in [2.05, 4.69) is 6.92 Å². The molecule has 0 spiro atoms. The van der Waals surface area contributed by atoms with E-state index in [1.54, 1.807) is 0 Å². The van der Waals surface area contributed by atoms with Crippen LogP contribution in [0.15, 0.2) is 0 Å². The van der Waals surface area contributed by atoms with Gasteiger partial charge in [-0.3, -0.25) is 0 Å². The monoisotopic (exact) mass is 169 g/mol. The van der Waals surface area contributed by atoms with Crippen LogP contribution in [0.1, 0.15) is 45.4 Å². The summed E-state index contributed by atoms with van der Waals surface area (Å²) in [5.41, 5.74) is 0. The van der Waals surface area contributed by atoms with Gasteiger partial charge in [0.05, 0.1) is 6.07 Å². The molecule has 0 rings (SSSR count). The van der Waals surface area contributed by atoms with Gasteiger partial charge in [-0.2, -0.15) is 5.26 Å². The molecule has 2 heteroatoms. The Morgan fingerprint density at radius 2 is 1.75 bits per heavy atom. The predicted octanol–water partition coefficient (Wildman–Crippen LogP) is 2.89. The van der Waals surface area contributed by atoms with Gasteiger partial charge in [-0.25, -0.2) is 0 Å². The van der Waals surface area contributed by atoms with Gasteiger partial charge in [-0.05, 0) is 6.42 Å². The van der Waals surface area contributed by atoms with Crippen LogP contribution in [0, 0.1) is 11.3 Å². The minimum atomic E-state index is 0.245. The minimum absolute atomic E-state index is 0.245. The van der Waals surface area contributed by atoms with Gasteiger partial charge in [0.2, 0.25) is 0 Å². The molecule has 0 saturated heterocycles. The first-order valence-electron chi connectivity index (χ1n) is 4.86. The fourth-order valence-electron chi connectivity index (χ4n) is 1.10. The maximum absolute atomic E-state index is 8.16. The van der Waals surface area contributed by atoms with Gasteiger partial charge >= 0.3 is 0 Å². The molecule has 0 aliphatic rings. The smallest absolute Gasteiger partial charge is 0.133 e. The summed E-state index contributed by atoms with van der Waals surface area (Å²) in [6, 6.07) is 1.96. The van der Waals surface area contributed by atoms with E-state index >= 15 is 0 Å². The minimum Gasteiger partial charge on any atom is -0.367 e. The van der Waals surface area contributed by atoms with Crippen LogP contribution in [0.25, 0.3) is 0 Å². The van der Waals surface area contributed by atoms with Crippen molar-refractivity contribution in [1.29, 1.82) is 5.26 Å². The lowest BCUT2D eigenvalue weighted by atomic mass is 10.1. The molecule has 2 nitrogen and oxygen atoms in total. The fraction of sp³-hybridized carbons (Fsp3) is 0.900. The molecule has 0 aromatic heterocycles. The third-order valence-corrected chi connectivity index (χ3v) is 1.81. The highest BCUT2D eigenvalue weighted by Gasteiger charge is 1.89. The molecule has 0 atom stereocenters. The molecule has 0 aliphatic carbocycles. The number of nitriles is 1. The second-order valence-electron chi connectivity index (χ2n) is 2.98. The van der Waals surface area contributed by atoms with E-state index in [1.807, 2.05) is 6.07 Å². The molecule has 0 aliphatic heterocycles. The summed E-state index contributed by atoms with van der Waals surface area (Å²) in [6.07, 6.45) is 7.64. The molecule has 0 radical (unpaired) electrons. The molecule has 0 amide bonds. The van der Waals surface area contributed by atoms with Crippen molar-refractivity contribution in [1.82, 2.24) is 0 Å².